The number of aromatic nitrogens is 1. The lowest BCUT2D eigenvalue weighted by Crippen LogP contribution is -2.47. The average molecular weight is 356 g/mol. The van der Waals surface area contributed by atoms with Crippen LogP contribution in [0.25, 0.3) is 10.9 Å². The maximum atomic E-state index is 12.1. The van der Waals surface area contributed by atoms with Crippen LogP contribution in [-0.2, 0) is 11.2 Å². The Labute approximate surface area is 149 Å². The third-order valence-corrected chi connectivity index (χ3v) is 4.04. The van der Waals surface area contributed by atoms with Crippen molar-refractivity contribution in [2.24, 2.45) is 0 Å². The predicted octanol–water partition coefficient (Wildman–Crippen LogP) is 2.88. The highest BCUT2D eigenvalue weighted by Gasteiger charge is 2.19. The van der Waals surface area contributed by atoms with Gasteiger partial charge in [0.05, 0.1) is 11.6 Å². The van der Waals surface area contributed by atoms with Crippen molar-refractivity contribution in [1.29, 1.82) is 0 Å². The van der Waals surface area contributed by atoms with Gasteiger partial charge in [-0.2, -0.15) is 0 Å². The molecule has 1 saturated heterocycles. The second kappa shape index (κ2) is 9.71. The molecule has 4 nitrogen and oxygen atoms in total. The number of fused-ring (bicyclic) bond motifs is 1. The zero-order valence-corrected chi connectivity index (χ0v) is 14.6. The minimum Gasteiger partial charge on any atom is -0.354 e. The number of pyridine rings is 1. The number of hydrogen-bond donors (Lipinski definition) is 2. The van der Waals surface area contributed by atoms with Gasteiger partial charge in [0.25, 0.3) is 0 Å². The van der Waals surface area contributed by atoms with Crippen LogP contribution in [0.2, 0.25) is 0 Å². The zero-order valence-electron chi connectivity index (χ0n) is 13.0. The molecular formula is C17H23Cl2N3O. The smallest absolute Gasteiger partial charge is 0.237 e. The van der Waals surface area contributed by atoms with Gasteiger partial charge in [-0.05, 0) is 37.4 Å². The number of nitrogens with zero attached hydrogens (tertiary/aromatic N) is 1. The fourth-order valence-corrected chi connectivity index (χ4v) is 2.89. The Morgan fingerprint density at radius 1 is 1.22 bits per heavy atom. The molecule has 2 heterocycles. The quantitative estimate of drug-likeness (QED) is 0.886. The van der Waals surface area contributed by atoms with Gasteiger partial charge < -0.3 is 10.6 Å². The number of benzene rings is 1. The normalized spacial score (nSPS) is 17.0. The Balaban J connectivity index is 0.00000132. The molecule has 2 aromatic rings. The molecule has 1 fully saturated rings. The molecule has 1 aromatic carbocycles. The lowest BCUT2D eigenvalue weighted by Gasteiger charge is -2.22. The van der Waals surface area contributed by atoms with Gasteiger partial charge in [0.1, 0.15) is 0 Å². The van der Waals surface area contributed by atoms with Crippen molar-refractivity contribution in [3.05, 3.63) is 42.1 Å². The second-order valence-electron chi connectivity index (χ2n) is 5.54. The molecule has 0 aliphatic carbocycles. The summed E-state index contributed by atoms with van der Waals surface area (Å²) in [5, 5.41) is 7.46. The third-order valence-electron chi connectivity index (χ3n) is 4.04. The van der Waals surface area contributed by atoms with E-state index in [1.165, 1.54) is 12.0 Å². The van der Waals surface area contributed by atoms with Crippen LogP contribution in [0, 0.1) is 0 Å². The summed E-state index contributed by atoms with van der Waals surface area (Å²) in [6, 6.07) is 10.2. The zero-order chi connectivity index (χ0) is 14.5. The highest BCUT2D eigenvalue weighted by Crippen LogP contribution is 2.16. The summed E-state index contributed by atoms with van der Waals surface area (Å²) >= 11 is 0. The number of rotatable bonds is 4. The summed E-state index contributed by atoms with van der Waals surface area (Å²) in [6.07, 6.45) is 5.88. The fraction of sp³-hybridized carbons (Fsp3) is 0.412. The van der Waals surface area contributed by atoms with Gasteiger partial charge in [-0.25, -0.2) is 0 Å². The standard InChI is InChI=1S/C17H21N3O.2ClH/c21-17(15-8-1-2-10-18-15)20-12-9-14-6-3-5-13-7-4-11-19-16(13)14;;/h3-7,11,15,18H,1-2,8-10,12H2,(H,20,21);2*1H/t15-;;/m1../s1. The van der Waals surface area contributed by atoms with E-state index in [4.69, 9.17) is 0 Å². The molecule has 23 heavy (non-hydrogen) atoms. The summed E-state index contributed by atoms with van der Waals surface area (Å²) in [7, 11) is 0. The number of carbonyl (C=O) groups is 1. The van der Waals surface area contributed by atoms with Crippen molar-refractivity contribution in [1.82, 2.24) is 15.6 Å². The first-order chi connectivity index (χ1) is 10.3. The van der Waals surface area contributed by atoms with E-state index in [9.17, 15) is 4.79 Å². The van der Waals surface area contributed by atoms with Crippen LogP contribution in [-0.4, -0.2) is 30.0 Å². The van der Waals surface area contributed by atoms with Crippen LogP contribution in [0.5, 0.6) is 0 Å². The molecule has 6 heteroatoms. The van der Waals surface area contributed by atoms with Crippen molar-refractivity contribution in [3.8, 4) is 0 Å². The summed E-state index contributed by atoms with van der Waals surface area (Å²) in [4.78, 5) is 16.5. The van der Waals surface area contributed by atoms with Crippen LogP contribution in [0.4, 0.5) is 0 Å². The van der Waals surface area contributed by atoms with Crippen LogP contribution < -0.4 is 10.6 Å². The molecule has 0 bridgehead atoms. The lowest BCUT2D eigenvalue weighted by atomic mass is 10.0. The van der Waals surface area contributed by atoms with Gasteiger partial charge in [-0.1, -0.05) is 30.7 Å². The minimum atomic E-state index is -0.00982. The van der Waals surface area contributed by atoms with E-state index >= 15 is 0 Å². The highest BCUT2D eigenvalue weighted by atomic mass is 35.5. The number of halogens is 2. The number of nitrogens with one attached hydrogen (secondary N) is 2. The average Bonchev–Trinajstić information content (AvgIpc) is 2.56. The molecular weight excluding hydrogens is 333 g/mol. The Morgan fingerprint density at radius 3 is 2.83 bits per heavy atom. The molecule has 1 aliphatic heterocycles. The number of piperidine rings is 1. The Bertz CT molecular complexity index is 625. The van der Waals surface area contributed by atoms with Crippen molar-refractivity contribution in [2.45, 2.75) is 31.7 Å². The van der Waals surface area contributed by atoms with E-state index in [1.54, 1.807) is 0 Å². The molecule has 0 unspecified atom stereocenters. The number of para-hydroxylation sites is 1. The van der Waals surface area contributed by atoms with E-state index in [-0.39, 0.29) is 36.8 Å². The highest BCUT2D eigenvalue weighted by molar-refractivity contribution is 5.85. The number of amides is 1. The Hall–Kier alpha value is -1.36. The second-order valence-corrected chi connectivity index (χ2v) is 5.54. The van der Waals surface area contributed by atoms with Crippen LogP contribution >= 0.6 is 24.8 Å². The lowest BCUT2D eigenvalue weighted by molar-refractivity contribution is -0.123. The Morgan fingerprint density at radius 2 is 2.04 bits per heavy atom. The molecule has 3 rings (SSSR count). The summed E-state index contributed by atoms with van der Waals surface area (Å²) in [6.45, 7) is 1.61. The largest absolute Gasteiger partial charge is 0.354 e. The molecule has 2 N–H and O–H groups in total. The van der Waals surface area contributed by atoms with Gasteiger partial charge in [-0.3, -0.25) is 9.78 Å². The van der Waals surface area contributed by atoms with Crippen molar-refractivity contribution in [3.63, 3.8) is 0 Å². The topological polar surface area (TPSA) is 54.0 Å². The first kappa shape index (κ1) is 19.7. The molecule has 0 spiro atoms. The van der Waals surface area contributed by atoms with E-state index in [0.717, 1.165) is 36.7 Å². The van der Waals surface area contributed by atoms with E-state index < -0.39 is 0 Å². The van der Waals surface area contributed by atoms with Crippen LogP contribution in [0.3, 0.4) is 0 Å². The van der Waals surface area contributed by atoms with Crippen molar-refractivity contribution in [2.75, 3.05) is 13.1 Å². The van der Waals surface area contributed by atoms with Gasteiger partial charge in [0.2, 0.25) is 5.91 Å². The van der Waals surface area contributed by atoms with Crippen molar-refractivity contribution < 1.29 is 4.79 Å². The third kappa shape index (κ3) is 5.06. The molecule has 1 amide bonds. The maximum Gasteiger partial charge on any atom is 0.237 e. The minimum absolute atomic E-state index is 0. The van der Waals surface area contributed by atoms with Gasteiger partial charge in [0, 0.05) is 18.1 Å². The maximum absolute atomic E-state index is 12.1. The first-order valence-electron chi connectivity index (χ1n) is 7.68. The molecule has 1 aromatic heterocycles. The molecule has 1 aliphatic rings. The van der Waals surface area contributed by atoms with E-state index in [1.807, 2.05) is 18.3 Å². The van der Waals surface area contributed by atoms with E-state index in [2.05, 4.69) is 33.8 Å². The number of carbonyl (C=O) groups excluding carboxylic acids is 1. The summed E-state index contributed by atoms with van der Waals surface area (Å²) in [5.74, 6) is 0.128. The monoisotopic (exact) mass is 355 g/mol. The van der Waals surface area contributed by atoms with Crippen molar-refractivity contribution >= 4 is 41.6 Å². The van der Waals surface area contributed by atoms with E-state index in [0.29, 0.717) is 6.54 Å². The fourth-order valence-electron chi connectivity index (χ4n) is 2.89. The summed E-state index contributed by atoms with van der Waals surface area (Å²) < 4.78 is 0. The molecule has 126 valence electrons. The number of hydrogen-bond acceptors (Lipinski definition) is 3. The summed E-state index contributed by atoms with van der Waals surface area (Å²) in [5.41, 5.74) is 2.22. The SMILES string of the molecule is Cl.Cl.O=C(NCCc1cccc2cccnc12)[C@H]1CCCCN1. The molecule has 0 radical (unpaired) electrons. The predicted molar refractivity (Wildman–Crippen MR) is 98.6 cm³/mol. The van der Waals surface area contributed by atoms with Crippen LogP contribution in [0.1, 0.15) is 24.8 Å². The van der Waals surface area contributed by atoms with Gasteiger partial charge in [0.15, 0.2) is 0 Å². The van der Waals surface area contributed by atoms with Crippen LogP contribution in [0.15, 0.2) is 36.5 Å². The Kier molecular flexibility index (Phi) is 8.31. The van der Waals surface area contributed by atoms with Gasteiger partial charge >= 0.3 is 0 Å². The van der Waals surface area contributed by atoms with Gasteiger partial charge in [-0.15, -0.1) is 24.8 Å². The first-order valence-corrected chi connectivity index (χ1v) is 7.68. The molecule has 0 saturated carbocycles. The molecule has 1 atom stereocenters.